The van der Waals surface area contributed by atoms with Gasteiger partial charge in [-0.3, -0.25) is 19.8 Å². The molecule has 0 radical (unpaired) electrons. The van der Waals surface area contributed by atoms with E-state index in [1.165, 1.54) is 25.7 Å². The molecule has 7 nitrogen and oxygen atoms in total. The van der Waals surface area contributed by atoms with Gasteiger partial charge in [0, 0.05) is 31.8 Å². The summed E-state index contributed by atoms with van der Waals surface area (Å²) in [6, 6.07) is 8.51. The van der Waals surface area contributed by atoms with Crippen LogP contribution in [0.15, 0.2) is 29.2 Å². The number of ether oxygens (including phenoxy) is 3. The predicted molar refractivity (Wildman–Crippen MR) is 129 cm³/mol. The molecule has 3 aliphatic rings. The Kier molecular flexibility index (Phi) is 8.46. The van der Waals surface area contributed by atoms with Gasteiger partial charge in [-0.1, -0.05) is 25.0 Å². The van der Waals surface area contributed by atoms with Gasteiger partial charge < -0.3 is 14.2 Å². The van der Waals surface area contributed by atoms with Crippen LogP contribution in [0.4, 0.5) is 4.79 Å². The molecule has 2 saturated heterocycles. The second kappa shape index (κ2) is 11.5. The summed E-state index contributed by atoms with van der Waals surface area (Å²) in [6.45, 7) is 7.02. The maximum atomic E-state index is 11.7. The Morgan fingerprint density at radius 1 is 1.09 bits per heavy atom. The number of carbonyl (C=O) groups excluding carboxylic acids is 2. The lowest BCUT2D eigenvalue weighted by Gasteiger charge is -2.32. The Balaban J connectivity index is 1.36. The number of hydrogen-bond acceptors (Lipinski definition) is 7. The molecule has 1 N–H and O–H groups in total. The van der Waals surface area contributed by atoms with E-state index < -0.39 is 0 Å². The molecule has 33 heavy (non-hydrogen) atoms. The summed E-state index contributed by atoms with van der Waals surface area (Å²) in [5.41, 5.74) is 0.855. The lowest BCUT2D eigenvalue weighted by atomic mass is 10.1. The third-order valence-corrected chi connectivity index (χ3v) is 7.41. The second-order valence-electron chi connectivity index (χ2n) is 8.67. The van der Waals surface area contributed by atoms with E-state index in [0.717, 1.165) is 36.0 Å². The molecule has 0 spiro atoms. The van der Waals surface area contributed by atoms with Gasteiger partial charge in [-0.25, -0.2) is 0 Å². The summed E-state index contributed by atoms with van der Waals surface area (Å²) in [5, 5.41) is 1.94. The van der Waals surface area contributed by atoms with E-state index >= 15 is 0 Å². The standard InChI is InChI=1S/C25H34N2O5S/c1-3-30-21-16-27(18-7-5-6-8-18)20(23(21)31-4-2)13-14-32-19-11-9-17(10-12-19)15-22-24(28)26-25(29)33-22/h9-12,15,18,20-21,23H,3-8,13-14,16H2,1-2H3,(H,26,28,29)/b22-15-/t20-,21+,23-/m0/s1. The minimum atomic E-state index is -0.345. The van der Waals surface area contributed by atoms with Crippen molar-refractivity contribution in [3.05, 3.63) is 34.7 Å². The molecule has 2 amide bonds. The van der Waals surface area contributed by atoms with E-state index in [-0.39, 0.29) is 23.4 Å². The summed E-state index contributed by atoms with van der Waals surface area (Å²) in [6.07, 6.45) is 7.92. The number of hydrogen-bond donors (Lipinski definition) is 1. The van der Waals surface area contributed by atoms with Gasteiger partial charge in [-0.2, -0.15) is 0 Å². The van der Waals surface area contributed by atoms with Crippen LogP contribution < -0.4 is 10.1 Å². The monoisotopic (exact) mass is 474 g/mol. The lowest BCUT2D eigenvalue weighted by Crippen LogP contribution is -2.43. The predicted octanol–water partition coefficient (Wildman–Crippen LogP) is 4.22. The van der Waals surface area contributed by atoms with Crippen molar-refractivity contribution in [2.75, 3.05) is 26.4 Å². The number of nitrogens with zero attached hydrogens (tertiary/aromatic N) is 1. The molecule has 3 atom stereocenters. The van der Waals surface area contributed by atoms with Crippen LogP contribution in [0.25, 0.3) is 6.08 Å². The number of rotatable bonds is 10. The first-order valence-corrected chi connectivity index (χ1v) is 12.9. The van der Waals surface area contributed by atoms with Crippen LogP contribution in [0.1, 0.15) is 51.5 Å². The molecule has 180 valence electrons. The van der Waals surface area contributed by atoms with Gasteiger partial charge in [0.2, 0.25) is 0 Å². The van der Waals surface area contributed by atoms with Gasteiger partial charge in [0.05, 0.1) is 17.6 Å². The molecule has 0 aromatic heterocycles. The zero-order valence-corrected chi connectivity index (χ0v) is 20.3. The van der Waals surface area contributed by atoms with Gasteiger partial charge in [0.1, 0.15) is 11.9 Å². The number of carbonyl (C=O) groups is 2. The number of thioether (sulfide) groups is 1. The highest BCUT2D eigenvalue weighted by atomic mass is 32.2. The minimum Gasteiger partial charge on any atom is -0.494 e. The van der Waals surface area contributed by atoms with Crippen LogP contribution in [0.3, 0.4) is 0 Å². The number of benzene rings is 1. The fourth-order valence-electron chi connectivity index (χ4n) is 5.17. The van der Waals surface area contributed by atoms with Crippen LogP contribution in [-0.4, -0.2) is 66.7 Å². The fraction of sp³-hybridized carbons (Fsp3) is 0.600. The zero-order chi connectivity index (χ0) is 23.2. The summed E-state index contributed by atoms with van der Waals surface area (Å²) in [5.74, 6) is 0.444. The molecular formula is C25H34N2O5S. The molecule has 1 aromatic rings. The molecule has 2 heterocycles. The smallest absolute Gasteiger partial charge is 0.290 e. The molecule has 0 bridgehead atoms. The van der Waals surface area contributed by atoms with E-state index in [9.17, 15) is 9.59 Å². The van der Waals surface area contributed by atoms with Crippen molar-refractivity contribution < 1.29 is 23.8 Å². The van der Waals surface area contributed by atoms with Crippen LogP contribution in [-0.2, 0) is 14.3 Å². The average Bonchev–Trinajstić information content (AvgIpc) is 3.51. The minimum absolute atomic E-state index is 0.0749. The first kappa shape index (κ1) is 24.3. The SMILES string of the molecule is CCO[C@@H]1[C@H](OCC)CN(C2CCCC2)[C@H]1CCOc1ccc(/C=C2\SC(=O)NC2=O)cc1. The largest absolute Gasteiger partial charge is 0.494 e. The number of amides is 2. The van der Waals surface area contributed by atoms with Crippen molar-refractivity contribution in [2.45, 2.75) is 70.2 Å². The normalized spacial score (nSPS) is 27.6. The Morgan fingerprint density at radius 2 is 1.82 bits per heavy atom. The highest BCUT2D eigenvalue weighted by Gasteiger charge is 2.45. The second-order valence-corrected chi connectivity index (χ2v) is 9.69. The van der Waals surface area contributed by atoms with E-state index in [0.29, 0.717) is 36.8 Å². The fourth-order valence-corrected chi connectivity index (χ4v) is 5.85. The highest BCUT2D eigenvalue weighted by molar-refractivity contribution is 8.18. The van der Waals surface area contributed by atoms with Crippen molar-refractivity contribution in [3.8, 4) is 5.75 Å². The number of likely N-dealkylation sites (tertiary alicyclic amines) is 1. The summed E-state index contributed by atoms with van der Waals surface area (Å²) < 4.78 is 18.3. The quantitative estimate of drug-likeness (QED) is 0.509. The van der Waals surface area contributed by atoms with Gasteiger partial charge in [-0.05, 0) is 68.6 Å². The molecule has 1 aliphatic carbocycles. The first-order valence-electron chi connectivity index (χ1n) is 12.1. The van der Waals surface area contributed by atoms with Crippen molar-refractivity contribution in [2.24, 2.45) is 0 Å². The third kappa shape index (κ3) is 5.98. The molecule has 0 unspecified atom stereocenters. The molecular weight excluding hydrogens is 440 g/mol. The molecule has 2 aliphatic heterocycles. The maximum Gasteiger partial charge on any atom is 0.290 e. The van der Waals surface area contributed by atoms with Crippen molar-refractivity contribution in [1.29, 1.82) is 0 Å². The van der Waals surface area contributed by atoms with Crippen LogP contribution >= 0.6 is 11.8 Å². The van der Waals surface area contributed by atoms with Crippen molar-refractivity contribution in [1.82, 2.24) is 10.2 Å². The molecule has 8 heteroatoms. The Morgan fingerprint density at radius 3 is 2.45 bits per heavy atom. The van der Waals surface area contributed by atoms with Crippen LogP contribution in [0.5, 0.6) is 5.75 Å². The van der Waals surface area contributed by atoms with Crippen LogP contribution in [0.2, 0.25) is 0 Å². The van der Waals surface area contributed by atoms with Gasteiger partial charge in [-0.15, -0.1) is 0 Å². The Labute approximate surface area is 200 Å². The van der Waals surface area contributed by atoms with E-state index in [2.05, 4.69) is 24.1 Å². The van der Waals surface area contributed by atoms with Crippen molar-refractivity contribution >= 4 is 29.0 Å². The van der Waals surface area contributed by atoms with Gasteiger partial charge >= 0.3 is 0 Å². The number of imide groups is 1. The van der Waals surface area contributed by atoms with E-state index in [1.54, 1.807) is 6.08 Å². The summed E-state index contributed by atoms with van der Waals surface area (Å²) in [7, 11) is 0. The summed E-state index contributed by atoms with van der Waals surface area (Å²) >= 11 is 0.922. The highest BCUT2D eigenvalue weighted by Crippen LogP contribution is 2.34. The lowest BCUT2D eigenvalue weighted by molar-refractivity contribution is -0.115. The zero-order valence-electron chi connectivity index (χ0n) is 19.5. The van der Waals surface area contributed by atoms with Gasteiger partial charge in [0.25, 0.3) is 11.1 Å². The van der Waals surface area contributed by atoms with Gasteiger partial charge in [0.15, 0.2) is 0 Å². The number of nitrogens with one attached hydrogen (secondary N) is 1. The van der Waals surface area contributed by atoms with Crippen LogP contribution in [0, 0.1) is 0 Å². The molecule has 3 fully saturated rings. The Bertz CT molecular complexity index is 853. The molecule has 1 saturated carbocycles. The summed E-state index contributed by atoms with van der Waals surface area (Å²) in [4.78, 5) is 26.1. The van der Waals surface area contributed by atoms with E-state index in [1.807, 2.05) is 24.3 Å². The first-order chi connectivity index (χ1) is 16.1. The maximum absolute atomic E-state index is 11.7. The molecule has 1 aromatic carbocycles. The topological polar surface area (TPSA) is 77.1 Å². The average molecular weight is 475 g/mol. The third-order valence-electron chi connectivity index (χ3n) is 6.60. The molecule has 4 rings (SSSR count). The van der Waals surface area contributed by atoms with E-state index in [4.69, 9.17) is 14.2 Å². The van der Waals surface area contributed by atoms with Crippen molar-refractivity contribution in [3.63, 3.8) is 0 Å². The Hall–Kier alpha value is -1.87.